The first-order valence-electron chi connectivity index (χ1n) is 4.59. The lowest BCUT2D eigenvalue weighted by Gasteiger charge is -2.05. The predicted octanol–water partition coefficient (Wildman–Crippen LogP) is 2.45. The molecule has 2 aromatic rings. The Morgan fingerprint density at radius 3 is 3.07 bits per heavy atom. The van der Waals surface area contributed by atoms with Crippen LogP contribution in [-0.2, 0) is 16.0 Å². The maximum absolute atomic E-state index is 10.1. The van der Waals surface area contributed by atoms with Crippen LogP contribution in [0, 0.1) is 0 Å². The van der Waals surface area contributed by atoms with Crippen molar-refractivity contribution >= 4 is 29.0 Å². The Morgan fingerprint density at radius 1 is 1.47 bits per heavy atom. The predicted molar refractivity (Wildman–Crippen MR) is 58.8 cm³/mol. The lowest BCUT2D eigenvalue weighted by Crippen LogP contribution is -2.06. The zero-order valence-electron chi connectivity index (χ0n) is 7.94. The third-order valence-electron chi connectivity index (χ3n) is 2.26. The molecule has 3 nitrogen and oxygen atoms in total. The molecule has 15 heavy (non-hydrogen) atoms. The first kappa shape index (κ1) is 10.1. The van der Waals surface area contributed by atoms with Crippen molar-refractivity contribution in [2.75, 3.05) is 0 Å². The van der Waals surface area contributed by atoms with Crippen molar-refractivity contribution in [2.45, 2.75) is 12.0 Å². The van der Waals surface area contributed by atoms with Crippen molar-refractivity contribution in [3.05, 3.63) is 36.0 Å². The maximum atomic E-state index is 10.1. The van der Waals surface area contributed by atoms with E-state index < -0.39 is 5.56 Å². The Bertz CT molecular complexity index is 466. The van der Waals surface area contributed by atoms with Crippen molar-refractivity contribution in [2.24, 2.45) is 0 Å². The Morgan fingerprint density at radius 2 is 2.27 bits per heavy atom. The summed E-state index contributed by atoms with van der Waals surface area (Å²) in [6, 6.07) is 7.92. The Kier molecular flexibility index (Phi) is 2.92. The zero-order chi connectivity index (χ0) is 10.7. The van der Waals surface area contributed by atoms with Crippen LogP contribution in [0.1, 0.15) is 5.56 Å². The second kappa shape index (κ2) is 4.36. The molecule has 1 heterocycles. The molecule has 1 unspecified atom stereocenters. The smallest absolute Gasteiger partial charge is 0.294 e. The lowest BCUT2D eigenvalue weighted by molar-refractivity contribution is -0.130. The summed E-state index contributed by atoms with van der Waals surface area (Å²) in [6.45, 7) is 0.368. The molecule has 0 aliphatic carbocycles. The number of hydrogen-bond acceptors (Lipinski definition) is 2. The molecule has 4 heteroatoms. The van der Waals surface area contributed by atoms with Crippen LogP contribution in [-0.4, -0.2) is 17.0 Å². The van der Waals surface area contributed by atoms with Crippen molar-refractivity contribution < 1.29 is 9.53 Å². The van der Waals surface area contributed by atoms with Gasteiger partial charge in [0.2, 0.25) is 0 Å². The normalized spacial score (nSPS) is 12.6. The number of H-pyrrole nitrogens is 1. The highest BCUT2D eigenvalue weighted by Crippen LogP contribution is 2.20. The average molecular weight is 224 g/mol. The van der Waals surface area contributed by atoms with Crippen LogP contribution < -0.4 is 0 Å². The highest BCUT2D eigenvalue weighted by atomic mass is 35.5. The fraction of sp³-hybridized carbons (Fsp3) is 0.182. The standard InChI is InChI=1S/C11H10ClNO2/c12-11(15-7-14)5-8-6-13-10-4-2-1-3-9(8)10/h1-4,6-7,11,13H,5H2. The highest BCUT2D eigenvalue weighted by molar-refractivity contribution is 6.20. The molecular formula is C11H10ClNO2. The number of alkyl halides is 1. The number of benzene rings is 1. The maximum Gasteiger partial charge on any atom is 0.294 e. The number of fused-ring (bicyclic) bond motifs is 1. The van der Waals surface area contributed by atoms with Gasteiger partial charge < -0.3 is 9.72 Å². The van der Waals surface area contributed by atoms with E-state index in [4.69, 9.17) is 11.6 Å². The molecule has 0 radical (unpaired) electrons. The average Bonchev–Trinajstić information content (AvgIpc) is 2.62. The van der Waals surface area contributed by atoms with Gasteiger partial charge in [0.25, 0.3) is 6.47 Å². The number of para-hydroxylation sites is 1. The van der Waals surface area contributed by atoms with Crippen LogP contribution in [0.25, 0.3) is 10.9 Å². The summed E-state index contributed by atoms with van der Waals surface area (Å²) in [7, 11) is 0. The van der Waals surface area contributed by atoms with E-state index in [1.165, 1.54) is 0 Å². The SMILES string of the molecule is O=COC(Cl)Cc1c[nH]c2ccccc12. The summed E-state index contributed by atoms with van der Waals surface area (Å²) in [5.41, 5.74) is 1.50. The van der Waals surface area contributed by atoms with Crippen LogP contribution in [0.5, 0.6) is 0 Å². The first-order valence-corrected chi connectivity index (χ1v) is 5.03. The Labute approximate surface area is 92.0 Å². The minimum Gasteiger partial charge on any atom is -0.448 e. The van der Waals surface area contributed by atoms with Crippen molar-refractivity contribution in [1.29, 1.82) is 0 Å². The summed E-state index contributed by atoms with van der Waals surface area (Å²) in [6.07, 6.45) is 2.39. The molecule has 78 valence electrons. The molecular weight excluding hydrogens is 214 g/mol. The van der Waals surface area contributed by atoms with Crippen molar-refractivity contribution in [1.82, 2.24) is 4.98 Å². The van der Waals surface area contributed by atoms with Gasteiger partial charge in [-0.3, -0.25) is 4.79 Å². The third kappa shape index (κ3) is 2.13. The van der Waals surface area contributed by atoms with Gasteiger partial charge in [-0.15, -0.1) is 0 Å². The van der Waals surface area contributed by atoms with Gasteiger partial charge in [-0.1, -0.05) is 29.8 Å². The summed E-state index contributed by atoms with van der Waals surface area (Å²) < 4.78 is 4.64. The van der Waals surface area contributed by atoms with Gasteiger partial charge in [-0.25, -0.2) is 0 Å². The quantitative estimate of drug-likeness (QED) is 0.639. The minimum absolute atomic E-state index is 0.368. The van der Waals surface area contributed by atoms with Gasteiger partial charge in [0.1, 0.15) is 0 Å². The van der Waals surface area contributed by atoms with Crippen LogP contribution in [0.2, 0.25) is 0 Å². The molecule has 1 aromatic heterocycles. The van der Waals surface area contributed by atoms with Crippen LogP contribution in [0.3, 0.4) is 0 Å². The van der Waals surface area contributed by atoms with E-state index in [0.29, 0.717) is 12.9 Å². The third-order valence-corrected chi connectivity index (χ3v) is 2.52. The summed E-state index contributed by atoms with van der Waals surface area (Å²) in [5.74, 6) is 0. The first-order chi connectivity index (χ1) is 7.31. The number of hydrogen-bond donors (Lipinski definition) is 1. The largest absolute Gasteiger partial charge is 0.448 e. The number of nitrogens with one attached hydrogen (secondary N) is 1. The van der Waals surface area contributed by atoms with E-state index in [1.54, 1.807) is 0 Å². The molecule has 0 amide bonds. The van der Waals surface area contributed by atoms with E-state index in [1.807, 2.05) is 30.5 Å². The minimum atomic E-state index is -0.610. The molecule has 0 fully saturated rings. The Hall–Kier alpha value is -1.48. The second-order valence-electron chi connectivity index (χ2n) is 3.21. The van der Waals surface area contributed by atoms with Crippen molar-refractivity contribution in [3.8, 4) is 0 Å². The molecule has 0 aliphatic rings. The fourth-order valence-electron chi connectivity index (χ4n) is 1.58. The fourth-order valence-corrected chi connectivity index (χ4v) is 1.79. The molecule has 0 saturated carbocycles. The van der Waals surface area contributed by atoms with Crippen LogP contribution >= 0.6 is 11.6 Å². The molecule has 0 bridgehead atoms. The van der Waals surface area contributed by atoms with Crippen molar-refractivity contribution in [3.63, 3.8) is 0 Å². The van der Waals surface area contributed by atoms with Crippen LogP contribution in [0.4, 0.5) is 0 Å². The van der Waals surface area contributed by atoms with E-state index in [0.717, 1.165) is 16.5 Å². The molecule has 1 atom stereocenters. The van der Waals surface area contributed by atoms with E-state index in [2.05, 4.69) is 9.72 Å². The van der Waals surface area contributed by atoms with E-state index in [-0.39, 0.29) is 0 Å². The topological polar surface area (TPSA) is 42.1 Å². The van der Waals surface area contributed by atoms with Gasteiger partial charge in [0.05, 0.1) is 0 Å². The molecule has 0 spiro atoms. The molecule has 2 rings (SSSR count). The Balaban J connectivity index is 2.24. The number of ether oxygens (including phenoxy) is 1. The highest BCUT2D eigenvalue weighted by Gasteiger charge is 2.09. The number of aromatic amines is 1. The molecule has 0 aliphatic heterocycles. The molecule has 1 aromatic carbocycles. The van der Waals surface area contributed by atoms with Gasteiger partial charge >= 0.3 is 0 Å². The van der Waals surface area contributed by atoms with Gasteiger partial charge in [0, 0.05) is 23.5 Å². The number of rotatable bonds is 4. The number of aromatic nitrogens is 1. The van der Waals surface area contributed by atoms with E-state index in [9.17, 15) is 4.79 Å². The number of carbonyl (C=O) groups excluding carboxylic acids is 1. The zero-order valence-corrected chi connectivity index (χ0v) is 8.70. The number of carbonyl (C=O) groups is 1. The summed E-state index contributed by atoms with van der Waals surface area (Å²) >= 11 is 5.81. The van der Waals surface area contributed by atoms with Gasteiger partial charge in [-0.05, 0) is 11.6 Å². The monoisotopic (exact) mass is 223 g/mol. The lowest BCUT2D eigenvalue weighted by atomic mass is 10.1. The second-order valence-corrected chi connectivity index (χ2v) is 3.69. The number of halogens is 1. The summed E-state index contributed by atoms with van der Waals surface area (Å²) in [4.78, 5) is 13.2. The van der Waals surface area contributed by atoms with Gasteiger partial charge in [-0.2, -0.15) is 0 Å². The molecule has 1 N–H and O–H groups in total. The van der Waals surface area contributed by atoms with Crippen LogP contribution in [0.15, 0.2) is 30.5 Å². The van der Waals surface area contributed by atoms with Gasteiger partial charge in [0.15, 0.2) is 5.56 Å². The summed E-state index contributed by atoms with van der Waals surface area (Å²) in [5, 5.41) is 1.11. The molecule has 0 saturated heterocycles. The van der Waals surface area contributed by atoms with E-state index >= 15 is 0 Å².